The zero-order chi connectivity index (χ0) is 39.1. The van der Waals surface area contributed by atoms with Gasteiger partial charge in [0.2, 0.25) is 0 Å². The van der Waals surface area contributed by atoms with E-state index in [9.17, 15) is 0 Å². The van der Waals surface area contributed by atoms with Crippen molar-refractivity contribution in [3.8, 4) is 73.2 Å². The maximum absolute atomic E-state index is 5.23. The van der Waals surface area contributed by atoms with Gasteiger partial charge in [-0.25, -0.2) is 15.0 Å². The first-order valence-corrected chi connectivity index (χ1v) is 20.0. The molecule has 4 heteroatoms. The van der Waals surface area contributed by atoms with Gasteiger partial charge in [-0.1, -0.05) is 194 Å². The highest BCUT2D eigenvalue weighted by Crippen LogP contribution is 2.40. The van der Waals surface area contributed by atoms with E-state index in [1.807, 2.05) is 30.3 Å². The second-order valence-corrected chi connectivity index (χ2v) is 14.8. The summed E-state index contributed by atoms with van der Waals surface area (Å²) in [6.07, 6.45) is 0. The van der Waals surface area contributed by atoms with Gasteiger partial charge in [0.25, 0.3) is 0 Å². The number of hydrogen-bond donors (Lipinski definition) is 0. The molecule has 2 aromatic heterocycles. The predicted octanol–water partition coefficient (Wildman–Crippen LogP) is 14.1. The van der Waals surface area contributed by atoms with Gasteiger partial charge in [0, 0.05) is 33.0 Å². The summed E-state index contributed by atoms with van der Waals surface area (Å²) in [5, 5.41) is 4.73. The van der Waals surface area contributed by atoms with Crippen LogP contribution in [0.4, 0.5) is 0 Å². The van der Waals surface area contributed by atoms with E-state index in [0.717, 1.165) is 61.0 Å². The largest absolute Gasteiger partial charge is 0.309 e. The second kappa shape index (κ2) is 14.5. The Labute approximate surface area is 342 Å². The summed E-state index contributed by atoms with van der Waals surface area (Å²) in [6, 6.07) is 76.9. The molecule has 0 bridgehead atoms. The quantitative estimate of drug-likeness (QED) is 0.163. The van der Waals surface area contributed by atoms with E-state index in [4.69, 9.17) is 15.0 Å². The Morgan fingerprint density at radius 1 is 0.237 bits per heavy atom. The molecule has 0 aliphatic carbocycles. The van der Waals surface area contributed by atoms with E-state index >= 15 is 0 Å². The molecule has 0 saturated carbocycles. The van der Waals surface area contributed by atoms with Crippen LogP contribution < -0.4 is 0 Å². The summed E-state index contributed by atoms with van der Waals surface area (Å²) in [5.41, 5.74) is 13.2. The van der Waals surface area contributed by atoms with Crippen LogP contribution in [-0.4, -0.2) is 19.5 Å². The van der Waals surface area contributed by atoms with E-state index in [1.54, 1.807) is 0 Å². The first-order valence-electron chi connectivity index (χ1n) is 20.0. The number of fused-ring (bicyclic) bond motifs is 4. The smallest absolute Gasteiger partial charge is 0.164 e. The van der Waals surface area contributed by atoms with E-state index in [0.29, 0.717) is 17.5 Å². The summed E-state index contributed by atoms with van der Waals surface area (Å²) in [4.78, 5) is 15.5. The number of hydrogen-bond acceptors (Lipinski definition) is 3. The number of rotatable bonds is 7. The van der Waals surface area contributed by atoms with E-state index in [1.165, 1.54) is 27.4 Å². The molecule has 0 N–H and O–H groups in total. The Balaban J connectivity index is 1.02. The van der Waals surface area contributed by atoms with Crippen molar-refractivity contribution in [3.05, 3.63) is 218 Å². The van der Waals surface area contributed by atoms with Gasteiger partial charge in [-0.15, -0.1) is 0 Å². The maximum Gasteiger partial charge on any atom is 0.164 e. The highest BCUT2D eigenvalue weighted by atomic mass is 15.0. The van der Waals surface area contributed by atoms with Crippen LogP contribution in [0.1, 0.15) is 0 Å². The fraction of sp³-hybridized carbons (Fsp3) is 0. The molecule has 59 heavy (non-hydrogen) atoms. The minimum atomic E-state index is 0.636. The molecule has 0 fully saturated rings. The minimum absolute atomic E-state index is 0.636. The third kappa shape index (κ3) is 6.06. The number of nitrogens with zero attached hydrogens (tertiary/aromatic N) is 4. The van der Waals surface area contributed by atoms with Crippen LogP contribution in [-0.2, 0) is 0 Å². The Bertz CT molecular complexity index is 3260. The van der Waals surface area contributed by atoms with E-state index in [-0.39, 0.29) is 0 Å². The minimum Gasteiger partial charge on any atom is -0.309 e. The van der Waals surface area contributed by atoms with Crippen molar-refractivity contribution in [2.45, 2.75) is 0 Å². The van der Waals surface area contributed by atoms with E-state index < -0.39 is 0 Å². The standard InChI is InChI=1S/C55H36N4/c1-3-17-37(18-4-1)41-21-7-10-27-48(41)54-56-53(40-19-5-2-6-20-40)57-55(58-54)49-36-35-42(44-23-8-9-24-45(44)49)38-31-33-39(34-32-38)43-22-11-14-28-50(43)59-51-29-15-12-25-46(51)47-26-13-16-30-52(47)59/h1-36H. The second-order valence-electron chi connectivity index (χ2n) is 14.8. The highest BCUT2D eigenvalue weighted by Gasteiger charge is 2.19. The summed E-state index contributed by atoms with van der Waals surface area (Å²) in [6.45, 7) is 0. The van der Waals surface area contributed by atoms with Crippen LogP contribution in [0.5, 0.6) is 0 Å². The average Bonchev–Trinajstić information content (AvgIpc) is 3.66. The zero-order valence-electron chi connectivity index (χ0n) is 32.1. The molecule has 0 aliphatic heterocycles. The van der Waals surface area contributed by atoms with Crippen molar-refractivity contribution in [1.29, 1.82) is 0 Å². The molecule has 9 aromatic carbocycles. The molecule has 4 nitrogen and oxygen atoms in total. The zero-order valence-corrected chi connectivity index (χ0v) is 32.1. The lowest BCUT2D eigenvalue weighted by Gasteiger charge is -2.15. The van der Waals surface area contributed by atoms with Gasteiger partial charge in [-0.3, -0.25) is 0 Å². The lowest BCUT2D eigenvalue weighted by Crippen LogP contribution is -2.01. The SMILES string of the molecule is c1ccc(-c2nc(-c3ccccc3-c3ccccc3)nc(-c3ccc(-c4ccc(-c5ccccc5-n5c6ccccc6c6ccccc65)cc4)c4ccccc34)n2)cc1. The monoisotopic (exact) mass is 752 g/mol. The Hall–Kier alpha value is -7.95. The number of para-hydroxylation sites is 3. The van der Waals surface area contributed by atoms with Crippen LogP contribution in [0.15, 0.2) is 218 Å². The lowest BCUT2D eigenvalue weighted by molar-refractivity contribution is 1.08. The number of aromatic nitrogens is 4. The predicted molar refractivity (Wildman–Crippen MR) is 244 cm³/mol. The normalized spacial score (nSPS) is 11.4. The molecule has 11 rings (SSSR count). The number of benzene rings is 9. The molecule has 0 atom stereocenters. The lowest BCUT2D eigenvalue weighted by atomic mass is 9.93. The Kier molecular flexibility index (Phi) is 8.45. The molecular weight excluding hydrogens is 717 g/mol. The molecule has 0 spiro atoms. The topological polar surface area (TPSA) is 43.6 Å². The van der Waals surface area contributed by atoms with Crippen molar-refractivity contribution in [1.82, 2.24) is 19.5 Å². The molecular formula is C55H36N4. The summed E-state index contributed by atoms with van der Waals surface area (Å²) in [5.74, 6) is 1.91. The van der Waals surface area contributed by atoms with Gasteiger partial charge in [0.1, 0.15) is 0 Å². The van der Waals surface area contributed by atoms with Gasteiger partial charge >= 0.3 is 0 Å². The maximum atomic E-state index is 5.23. The van der Waals surface area contributed by atoms with Crippen LogP contribution in [0.3, 0.4) is 0 Å². The van der Waals surface area contributed by atoms with Crippen molar-refractivity contribution in [3.63, 3.8) is 0 Å². The van der Waals surface area contributed by atoms with Crippen LogP contribution in [0.25, 0.3) is 106 Å². The molecule has 0 unspecified atom stereocenters. The summed E-state index contributed by atoms with van der Waals surface area (Å²) in [7, 11) is 0. The molecule has 0 amide bonds. The van der Waals surface area contributed by atoms with E-state index in [2.05, 4.69) is 193 Å². The third-order valence-electron chi connectivity index (χ3n) is 11.3. The molecule has 0 radical (unpaired) electrons. The van der Waals surface area contributed by atoms with Crippen LogP contribution in [0, 0.1) is 0 Å². The Morgan fingerprint density at radius 2 is 0.644 bits per heavy atom. The molecule has 2 heterocycles. The Morgan fingerprint density at radius 3 is 1.29 bits per heavy atom. The van der Waals surface area contributed by atoms with Crippen molar-refractivity contribution in [2.75, 3.05) is 0 Å². The van der Waals surface area contributed by atoms with Crippen molar-refractivity contribution >= 4 is 32.6 Å². The highest BCUT2D eigenvalue weighted by molar-refractivity contribution is 6.10. The van der Waals surface area contributed by atoms with Gasteiger partial charge in [-0.05, 0) is 62.9 Å². The molecule has 0 aliphatic rings. The van der Waals surface area contributed by atoms with Gasteiger partial charge in [0.05, 0.1) is 16.7 Å². The third-order valence-corrected chi connectivity index (χ3v) is 11.3. The van der Waals surface area contributed by atoms with Gasteiger partial charge < -0.3 is 4.57 Å². The summed E-state index contributed by atoms with van der Waals surface area (Å²) >= 11 is 0. The van der Waals surface area contributed by atoms with Gasteiger partial charge in [-0.2, -0.15) is 0 Å². The van der Waals surface area contributed by atoms with Crippen LogP contribution in [0.2, 0.25) is 0 Å². The van der Waals surface area contributed by atoms with Gasteiger partial charge in [0.15, 0.2) is 17.5 Å². The fourth-order valence-corrected chi connectivity index (χ4v) is 8.55. The first-order chi connectivity index (χ1) is 29.3. The van der Waals surface area contributed by atoms with Crippen molar-refractivity contribution < 1.29 is 0 Å². The average molecular weight is 753 g/mol. The summed E-state index contributed by atoms with van der Waals surface area (Å²) < 4.78 is 2.40. The van der Waals surface area contributed by atoms with Crippen LogP contribution >= 0.6 is 0 Å². The van der Waals surface area contributed by atoms with Crippen molar-refractivity contribution in [2.24, 2.45) is 0 Å². The molecule has 276 valence electrons. The molecule has 0 saturated heterocycles. The fourth-order valence-electron chi connectivity index (χ4n) is 8.55. The first kappa shape index (κ1) is 34.3. The molecule has 11 aromatic rings.